The highest BCUT2D eigenvalue weighted by Gasteiger charge is 2.19. The zero-order valence-corrected chi connectivity index (χ0v) is 35.0. The molecule has 290 valence electrons. The lowest BCUT2D eigenvalue weighted by molar-refractivity contribution is 1.07. The molecule has 3 nitrogen and oxygen atoms in total. The fourth-order valence-corrected chi connectivity index (χ4v) is 11.2. The molecule has 0 aliphatic heterocycles. The zero-order chi connectivity index (χ0) is 41.0. The summed E-state index contributed by atoms with van der Waals surface area (Å²) in [5.41, 5.74) is 12.0. The number of hydrogen-bond donors (Lipinski definition) is 0. The van der Waals surface area contributed by atoms with Gasteiger partial charge in [0.05, 0.1) is 0 Å². The van der Waals surface area contributed by atoms with Gasteiger partial charge in [-0.1, -0.05) is 176 Å². The van der Waals surface area contributed by atoms with Gasteiger partial charge < -0.3 is 0 Å². The van der Waals surface area contributed by atoms with Gasteiger partial charge in [-0.3, -0.25) is 0 Å². The molecule has 9 aromatic carbocycles. The lowest BCUT2D eigenvalue weighted by Crippen LogP contribution is -2.00. The van der Waals surface area contributed by atoms with E-state index in [-0.39, 0.29) is 0 Å². The Balaban J connectivity index is 1.06. The minimum atomic E-state index is 0.626. The Hall–Kier alpha value is -7.57. The van der Waals surface area contributed by atoms with Gasteiger partial charge in [-0.15, -0.1) is 22.7 Å². The van der Waals surface area contributed by atoms with Crippen molar-refractivity contribution in [2.24, 2.45) is 0 Å². The lowest BCUT2D eigenvalue weighted by atomic mass is 9.94. The predicted molar refractivity (Wildman–Crippen MR) is 264 cm³/mol. The Bertz CT molecular complexity index is 3490. The topological polar surface area (TPSA) is 38.7 Å². The molecule has 0 aliphatic rings. The van der Waals surface area contributed by atoms with Crippen LogP contribution in [0.4, 0.5) is 0 Å². The zero-order valence-electron chi connectivity index (χ0n) is 33.4. The quantitative estimate of drug-likeness (QED) is 0.161. The van der Waals surface area contributed by atoms with E-state index in [0.29, 0.717) is 17.5 Å². The summed E-state index contributed by atoms with van der Waals surface area (Å²) in [7, 11) is 0. The van der Waals surface area contributed by atoms with E-state index < -0.39 is 0 Å². The lowest BCUT2D eigenvalue weighted by Gasteiger charge is -2.14. The Labute approximate surface area is 366 Å². The second-order valence-corrected chi connectivity index (χ2v) is 17.7. The van der Waals surface area contributed by atoms with E-state index in [0.717, 1.165) is 38.9 Å². The summed E-state index contributed by atoms with van der Waals surface area (Å²) in [6, 6.07) is 75.7. The van der Waals surface area contributed by atoms with Crippen LogP contribution in [0, 0.1) is 0 Å². The maximum absolute atomic E-state index is 5.33. The Morgan fingerprint density at radius 1 is 0.242 bits per heavy atom. The van der Waals surface area contributed by atoms with Crippen molar-refractivity contribution in [2.75, 3.05) is 0 Å². The molecule has 0 spiro atoms. The molecule has 0 amide bonds. The van der Waals surface area contributed by atoms with E-state index in [9.17, 15) is 0 Å². The minimum Gasteiger partial charge on any atom is -0.208 e. The third kappa shape index (κ3) is 6.47. The second kappa shape index (κ2) is 15.2. The fourth-order valence-electron chi connectivity index (χ4n) is 8.69. The van der Waals surface area contributed by atoms with E-state index in [2.05, 4.69) is 194 Å². The van der Waals surface area contributed by atoms with Crippen molar-refractivity contribution in [3.63, 3.8) is 0 Å². The number of hydrogen-bond acceptors (Lipinski definition) is 5. The summed E-state index contributed by atoms with van der Waals surface area (Å²) in [4.78, 5) is 15.8. The molecule has 0 N–H and O–H groups in total. The van der Waals surface area contributed by atoms with Crippen molar-refractivity contribution in [1.29, 1.82) is 0 Å². The van der Waals surface area contributed by atoms with Crippen LogP contribution in [0.2, 0.25) is 0 Å². The fraction of sp³-hybridized carbons (Fsp3) is 0. The summed E-state index contributed by atoms with van der Waals surface area (Å²) < 4.78 is 5.11. The predicted octanol–water partition coefficient (Wildman–Crippen LogP) is 16.3. The van der Waals surface area contributed by atoms with Crippen LogP contribution in [0.5, 0.6) is 0 Å². The van der Waals surface area contributed by atoms with Crippen LogP contribution < -0.4 is 0 Å². The molecule has 62 heavy (non-hydrogen) atoms. The van der Waals surface area contributed by atoms with Crippen molar-refractivity contribution < 1.29 is 0 Å². The van der Waals surface area contributed by atoms with Crippen LogP contribution in [-0.2, 0) is 0 Å². The molecular weight excluding hydrogens is 791 g/mol. The van der Waals surface area contributed by atoms with Gasteiger partial charge in [0.25, 0.3) is 0 Å². The summed E-state index contributed by atoms with van der Waals surface area (Å²) in [6.45, 7) is 0. The van der Waals surface area contributed by atoms with Crippen LogP contribution in [0.1, 0.15) is 0 Å². The number of thiophene rings is 2. The Kier molecular flexibility index (Phi) is 8.87. The van der Waals surface area contributed by atoms with Gasteiger partial charge in [0.1, 0.15) is 0 Å². The van der Waals surface area contributed by atoms with Gasteiger partial charge >= 0.3 is 0 Å². The molecule has 3 aromatic heterocycles. The first kappa shape index (κ1) is 36.3. The van der Waals surface area contributed by atoms with Crippen LogP contribution >= 0.6 is 22.7 Å². The number of nitrogens with zero attached hydrogens (tertiary/aromatic N) is 3. The van der Waals surface area contributed by atoms with Gasteiger partial charge in [-0.25, -0.2) is 15.0 Å². The average molecular weight is 826 g/mol. The Morgan fingerprint density at radius 2 is 0.613 bits per heavy atom. The van der Waals surface area contributed by atoms with E-state index in [4.69, 9.17) is 15.0 Å². The van der Waals surface area contributed by atoms with Gasteiger partial charge in [-0.05, 0) is 80.9 Å². The maximum Gasteiger partial charge on any atom is 0.164 e. The normalized spacial score (nSPS) is 11.5. The number of aromatic nitrogens is 3. The van der Waals surface area contributed by atoms with Crippen LogP contribution in [-0.4, -0.2) is 15.0 Å². The van der Waals surface area contributed by atoms with E-state index in [1.807, 2.05) is 40.9 Å². The molecule has 0 atom stereocenters. The molecule has 12 rings (SSSR count). The molecule has 5 heteroatoms. The Morgan fingerprint density at radius 3 is 1.19 bits per heavy atom. The third-order valence-electron chi connectivity index (χ3n) is 11.7. The van der Waals surface area contributed by atoms with Crippen LogP contribution in [0.15, 0.2) is 212 Å². The minimum absolute atomic E-state index is 0.626. The smallest absolute Gasteiger partial charge is 0.164 e. The van der Waals surface area contributed by atoms with Crippen LogP contribution in [0.3, 0.4) is 0 Å². The number of benzene rings is 9. The SMILES string of the molecule is c1ccc(-c2ccc(-c3cccc(-c4nc(-c5ccccc5)nc(-c5cc(-c6cccc7c6sc6ccccc67)cc(-c6cccc7c6sc6ccccc67)c5)n4)c3)cc2)cc1. The summed E-state index contributed by atoms with van der Waals surface area (Å²) in [6.07, 6.45) is 0. The molecule has 0 bridgehead atoms. The van der Waals surface area contributed by atoms with Crippen molar-refractivity contribution >= 4 is 63.0 Å². The number of fused-ring (bicyclic) bond motifs is 6. The molecule has 0 unspecified atom stereocenters. The first-order valence-corrected chi connectivity index (χ1v) is 22.4. The van der Waals surface area contributed by atoms with Gasteiger partial charge in [0.2, 0.25) is 0 Å². The highest BCUT2D eigenvalue weighted by molar-refractivity contribution is 7.26. The third-order valence-corrected chi connectivity index (χ3v) is 14.2. The van der Waals surface area contributed by atoms with Crippen molar-refractivity contribution in [3.8, 4) is 78.7 Å². The highest BCUT2D eigenvalue weighted by Crippen LogP contribution is 2.45. The molecule has 3 heterocycles. The first-order chi connectivity index (χ1) is 30.7. The van der Waals surface area contributed by atoms with E-state index in [1.54, 1.807) is 0 Å². The van der Waals surface area contributed by atoms with Crippen molar-refractivity contribution in [2.45, 2.75) is 0 Å². The molecule has 0 fully saturated rings. The standard InChI is InChI=1S/C57H35N3S2/c1-3-14-36(15-4-1)37-28-30-38(31-29-37)40-18-11-19-41(32-40)56-58-55(39-16-5-2-6-17-39)59-57(60-56)44-34-42(45-22-12-24-49-47-20-7-9-26-51(47)61-53(45)49)33-43(35-44)46-23-13-25-50-48-21-8-10-27-52(48)62-54(46)50/h1-35H. The highest BCUT2D eigenvalue weighted by atomic mass is 32.1. The summed E-state index contributed by atoms with van der Waals surface area (Å²) in [5, 5.41) is 5.10. The largest absolute Gasteiger partial charge is 0.208 e. The molecule has 0 saturated carbocycles. The summed E-state index contributed by atoms with van der Waals surface area (Å²) >= 11 is 3.70. The van der Waals surface area contributed by atoms with E-state index >= 15 is 0 Å². The maximum atomic E-state index is 5.33. The second-order valence-electron chi connectivity index (χ2n) is 15.6. The van der Waals surface area contributed by atoms with Gasteiger partial charge in [-0.2, -0.15) is 0 Å². The molecule has 12 aromatic rings. The molecular formula is C57H35N3S2. The number of rotatable bonds is 7. The first-order valence-electron chi connectivity index (χ1n) is 20.7. The molecule has 0 aliphatic carbocycles. The summed E-state index contributed by atoms with van der Waals surface area (Å²) in [5.74, 6) is 1.89. The average Bonchev–Trinajstić information content (AvgIpc) is 3.93. The van der Waals surface area contributed by atoms with E-state index in [1.165, 1.54) is 62.6 Å². The molecule has 0 radical (unpaired) electrons. The van der Waals surface area contributed by atoms with Gasteiger partial charge in [0, 0.05) is 57.0 Å². The van der Waals surface area contributed by atoms with Crippen molar-refractivity contribution in [3.05, 3.63) is 212 Å². The van der Waals surface area contributed by atoms with Gasteiger partial charge in [0.15, 0.2) is 17.5 Å². The van der Waals surface area contributed by atoms with Crippen LogP contribution in [0.25, 0.3) is 119 Å². The van der Waals surface area contributed by atoms with Crippen molar-refractivity contribution in [1.82, 2.24) is 15.0 Å². The molecule has 0 saturated heterocycles. The monoisotopic (exact) mass is 825 g/mol.